The van der Waals surface area contributed by atoms with Crippen molar-refractivity contribution in [3.05, 3.63) is 29.8 Å². The Morgan fingerprint density at radius 2 is 1.90 bits per heavy atom. The number of piperazine rings is 1. The highest BCUT2D eigenvalue weighted by Gasteiger charge is 2.29. The van der Waals surface area contributed by atoms with Gasteiger partial charge in [-0.15, -0.1) is 0 Å². The molecule has 0 amide bonds. The van der Waals surface area contributed by atoms with E-state index in [4.69, 9.17) is 5.73 Å². The van der Waals surface area contributed by atoms with Gasteiger partial charge < -0.3 is 5.73 Å². The SMILES string of the molecule is CCC(C)N1CCN(S(=O)(=O)c2cccc(CN)c2)CC1. The van der Waals surface area contributed by atoms with Crippen LogP contribution in [0.15, 0.2) is 29.2 Å². The van der Waals surface area contributed by atoms with E-state index in [1.807, 2.05) is 6.07 Å². The van der Waals surface area contributed by atoms with E-state index < -0.39 is 10.0 Å². The lowest BCUT2D eigenvalue weighted by atomic mass is 10.2. The summed E-state index contributed by atoms with van der Waals surface area (Å²) >= 11 is 0. The van der Waals surface area contributed by atoms with E-state index in [-0.39, 0.29) is 0 Å². The van der Waals surface area contributed by atoms with E-state index in [1.165, 1.54) is 0 Å². The van der Waals surface area contributed by atoms with Gasteiger partial charge in [-0.25, -0.2) is 8.42 Å². The summed E-state index contributed by atoms with van der Waals surface area (Å²) in [6.45, 7) is 7.40. The third-order valence-corrected chi connectivity index (χ3v) is 6.15. The molecule has 2 rings (SSSR count). The molecular formula is C15H25N3O2S. The highest BCUT2D eigenvalue weighted by molar-refractivity contribution is 7.89. The van der Waals surface area contributed by atoms with Gasteiger partial charge >= 0.3 is 0 Å². The largest absolute Gasteiger partial charge is 0.326 e. The lowest BCUT2D eigenvalue weighted by Crippen LogP contribution is -2.51. The van der Waals surface area contributed by atoms with Gasteiger partial charge in [-0.1, -0.05) is 19.1 Å². The van der Waals surface area contributed by atoms with E-state index in [9.17, 15) is 8.42 Å². The first-order valence-corrected chi connectivity index (χ1v) is 8.96. The van der Waals surface area contributed by atoms with Crippen molar-refractivity contribution in [2.75, 3.05) is 26.2 Å². The van der Waals surface area contributed by atoms with Crippen molar-refractivity contribution in [2.24, 2.45) is 5.73 Å². The molecule has 5 nitrogen and oxygen atoms in total. The van der Waals surface area contributed by atoms with Crippen LogP contribution < -0.4 is 5.73 Å². The number of rotatable bonds is 5. The summed E-state index contributed by atoms with van der Waals surface area (Å²) in [6, 6.07) is 7.44. The van der Waals surface area contributed by atoms with Crippen molar-refractivity contribution < 1.29 is 8.42 Å². The average molecular weight is 311 g/mol. The molecule has 0 aliphatic carbocycles. The molecule has 1 unspecified atom stereocenters. The molecule has 1 heterocycles. The highest BCUT2D eigenvalue weighted by Crippen LogP contribution is 2.19. The van der Waals surface area contributed by atoms with Gasteiger partial charge in [0.05, 0.1) is 4.90 Å². The molecule has 1 fully saturated rings. The minimum atomic E-state index is -3.40. The fourth-order valence-electron chi connectivity index (χ4n) is 2.62. The van der Waals surface area contributed by atoms with Crippen LogP contribution >= 0.6 is 0 Å². The second-order valence-electron chi connectivity index (χ2n) is 5.55. The number of hydrogen-bond donors (Lipinski definition) is 1. The summed E-state index contributed by atoms with van der Waals surface area (Å²) in [7, 11) is -3.40. The molecule has 1 aliphatic rings. The molecule has 2 N–H and O–H groups in total. The van der Waals surface area contributed by atoms with Crippen LogP contribution in [0.2, 0.25) is 0 Å². The smallest absolute Gasteiger partial charge is 0.243 e. The van der Waals surface area contributed by atoms with E-state index in [0.717, 1.165) is 25.1 Å². The lowest BCUT2D eigenvalue weighted by molar-refractivity contribution is 0.142. The minimum absolute atomic E-state index is 0.349. The normalized spacial score (nSPS) is 19.6. The average Bonchev–Trinajstić information content (AvgIpc) is 2.54. The van der Waals surface area contributed by atoms with Crippen molar-refractivity contribution in [2.45, 2.75) is 37.8 Å². The molecule has 1 aromatic carbocycles. The van der Waals surface area contributed by atoms with Gasteiger partial charge in [0, 0.05) is 38.8 Å². The Hall–Kier alpha value is -0.950. The molecule has 1 aliphatic heterocycles. The Morgan fingerprint density at radius 3 is 2.48 bits per heavy atom. The van der Waals surface area contributed by atoms with Gasteiger partial charge in [0.15, 0.2) is 0 Å². The summed E-state index contributed by atoms with van der Waals surface area (Å²) in [5.41, 5.74) is 6.43. The Kier molecular flexibility index (Phi) is 5.37. The van der Waals surface area contributed by atoms with Crippen LogP contribution in [0.4, 0.5) is 0 Å². The van der Waals surface area contributed by atoms with E-state index in [0.29, 0.717) is 30.6 Å². The molecule has 0 saturated carbocycles. The summed E-state index contributed by atoms with van der Waals surface area (Å²) in [4.78, 5) is 2.70. The van der Waals surface area contributed by atoms with Crippen molar-refractivity contribution in [1.29, 1.82) is 0 Å². The van der Waals surface area contributed by atoms with Crippen molar-refractivity contribution in [1.82, 2.24) is 9.21 Å². The van der Waals surface area contributed by atoms with Crippen molar-refractivity contribution in [3.63, 3.8) is 0 Å². The zero-order chi connectivity index (χ0) is 15.5. The zero-order valence-electron chi connectivity index (χ0n) is 12.8. The van der Waals surface area contributed by atoms with Crippen molar-refractivity contribution in [3.8, 4) is 0 Å². The van der Waals surface area contributed by atoms with Crippen LogP contribution in [0, 0.1) is 0 Å². The molecule has 0 radical (unpaired) electrons. The van der Waals surface area contributed by atoms with Crippen LogP contribution in [0.3, 0.4) is 0 Å². The van der Waals surface area contributed by atoms with Gasteiger partial charge in [0.2, 0.25) is 10.0 Å². The lowest BCUT2D eigenvalue weighted by Gasteiger charge is -2.37. The highest BCUT2D eigenvalue weighted by atomic mass is 32.2. The van der Waals surface area contributed by atoms with Gasteiger partial charge in [-0.2, -0.15) is 4.31 Å². The Morgan fingerprint density at radius 1 is 1.24 bits per heavy atom. The molecule has 6 heteroatoms. The zero-order valence-corrected chi connectivity index (χ0v) is 13.6. The number of hydrogen-bond acceptors (Lipinski definition) is 4. The monoisotopic (exact) mass is 311 g/mol. The second-order valence-corrected chi connectivity index (χ2v) is 7.49. The van der Waals surface area contributed by atoms with Gasteiger partial charge in [-0.3, -0.25) is 4.90 Å². The van der Waals surface area contributed by atoms with E-state index >= 15 is 0 Å². The Balaban J connectivity index is 2.11. The first-order valence-electron chi connectivity index (χ1n) is 7.52. The molecule has 1 atom stereocenters. The van der Waals surface area contributed by atoms with Crippen LogP contribution in [-0.4, -0.2) is 49.8 Å². The van der Waals surface area contributed by atoms with E-state index in [1.54, 1.807) is 22.5 Å². The summed E-state index contributed by atoms with van der Waals surface area (Å²) in [5, 5.41) is 0. The first kappa shape index (κ1) is 16.4. The second kappa shape index (κ2) is 6.87. The van der Waals surface area contributed by atoms with Crippen LogP contribution in [0.25, 0.3) is 0 Å². The summed E-state index contributed by atoms with van der Waals surface area (Å²) in [5.74, 6) is 0. The number of nitrogens with two attached hydrogens (primary N) is 1. The Bertz CT molecular complexity index is 566. The van der Waals surface area contributed by atoms with Gasteiger partial charge in [0.25, 0.3) is 0 Å². The maximum atomic E-state index is 12.7. The molecule has 0 bridgehead atoms. The maximum absolute atomic E-state index is 12.7. The summed E-state index contributed by atoms with van der Waals surface area (Å²) in [6.07, 6.45) is 1.09. The minimum Gasteiger partial charge on any atom is -0.326 e. The predicted octanol–water partition coefficient (Wildman–Crippen LogP) is 1.25. The molecule has 1 saturated heterocycles. The third kappa shape index (κ3) is 3.63. The molecule has 118 valence electrons. The van der Waals surface area contributed by atoms with Gasteiger partial charge in [-0.05, 0) is 31.0 Å². The first-order chi connectivity index (χ1) is 9.98. The molecule has 1 aromatic rings. The fraction of sp³-hybridized carbons (Fsp3) is 0.600. The van der Waals surface area contributed by atoms with Crippen molar-refractivity contribution >= 4 is 10.0 Å². The predicted molar refractivity (Wildman–Crippen MR) is 84.4 cm³/mol. The fourth-order valence-corrected chi connectivity index (χ4v) is 4.12. The maximum Gasteiger partial charge on any atom is 0.243 e. The topological polar surface area (TPSA) is 66.6 Å². The summed E-state index contributed by atoms with van der Waals surface area (Å²) < 4.78 is 26.9. The quantitative estimate of drug-likeness (QED) is 0.889. The molecule has 21 heavy (non-hydrogen) atoms. The molecule has 0 aromatic heterocycles. The van der Waals surface area contributed by atoms with Crippen LogP contribution in [-0.2, 0) is 16.6 Å². The Labute approximate surface area is 127 Å². The van der Waals surface area contributed by atoms with E-state index in [2.05, 4.69) is 18.7 Å². The number of benzene rings is 1. The molecule has 0 spiro atoms. The van der Waals surface area contributed by atoms with Gasteiger partial charge in [0.1, 0.15) is 0 Å². The van der Waals surface area contributed by atoms with Crippen LogP contribution in [0.1, 0.15) is 25.8 Å². The molecular weight excluding hydrogens is 286 g/mol. The number of sulfonamides is 1. The van der Waals surface area contributed by atoms with Crippen LogP contribution in [0.5, 0.6) is 0 Å². The standard InChI is InChI=1S/C15H25N3O2S/c1-3-13(2)17-7-9-18(10-8-17)21(19,20)15-6-4-5-14(11-15)12-16/h4-6,11,13H,3,7-10,12,16H2,1-2H3. The number of nitrogens with zero attached hydrogens (tertiary/aromatic N) is 2. The third-order valence-electron chi connectivity index (χ3n) is 4.26.